The summed E-state index contributed by atoms with van der Waals surface area (Å²) < 4.78 is 4.69. The average molecular weight is 413 g/mol. The second-order valence-electron chi connectivity index (χ2n) is 8.43. The lowest BCUT2D eigenvalue weighted by atomic mass is 9.84. The van der Waals surface area contributed by atoms with Gasteiger partial charge in [0.2, 0.25) is 0 Å². The van der Waals surface area contributed by atoms with Crippen molar-refractivity contribution in [3.8, 4) is 0 Å². The molecule has 3 heterocycles. The summed E-state index contributed by atoms with van der Waals surface area (Å²) in [6, 6.07) is 9.71. The van der Waals surface area contributed by atoms with Gasteiger partial charge in [-0.25, -0.2) is 9.36 Å². The number of allylic oxidation sites excluding steroid dienone is 4. The van der Waals surface area contributed by atoms with Crippen LogP contribution in [0.15, 0.2) is 76.6 Å². The van der Waals surface area contributed by atoms with Gasteiger partial charge in [-0.1, -0.05) is 61.6 Å². The smallest absolute Gasteiger partial charge is 0.291 e. The van der Waals surface area contributed by atoms with E-state index < -0.39 is 0 Å². The monoisotopic (exact) mass is 413 g/mol. The number of aromatic nitrogens is 5. The summed E-state index contributed by atoms with van der Waals surface area (Å²) in [7, 11) is 1.80. The number of hydrogen-bond donors (Lipinski definition) is 0. The third kappa shape index (κ3) is 3.22. The maximum atomic E-state index is 13.3. The zero-order valence-electron chi connectivity index (χ0n) is 17.5. The molecule has 1 aliphatic rings. The first-order chi connectivity index (χ1) is 15.0. The molecule has 1 aromatic carbocycles. The second kappa shape index (κ2) is 7.19. The van der Waals surface area contributed by atoms with Gasteiger partial charge in [-0.15, -0.1) is 0 Å². The van der Waals surface area contributed by atoms with E-state index in [2.05, 4.69) is 29.3 Å². The van der Waals surface area contributed by atoms with E-state index >= 15 is 0 Å². The van der Waals surface area contributed by atoms with Gasteiger partial charge in [-0.3, -0.25) is 9.59 Å². The molecule has 5 rings (SSSR count). The van der Waals surface area contributed by atoms with Crippen molar-refractivity contribution in [3.63, 3.8) is 0 Å². The Balaban J connectivity index is 1.64. The minimum absolute atomic E-state index is 0.173. The van der Waals surface area contributed by atoms with E-state index in [0.717, 1.165) is 12.0 Å². The molecule has 31 heavy (non-hydrogen) atoms. The number of fused-ring (bicyclic) bond motifs is 3. The van der Waals surface area contributed by atoms with Crippen LogP contribution in [0.3, 0.4) is 0 Å². The minimum Gasteiger partial charge on any atom is -0.338 e. The van der Waals surface area contributed by atoms with Crippen LogP contribution in [0, 0.1) is 5.41 Å². The van der Waals surface area contributed by atoms with Crippen LogP contribution in [0.4, 0.5) is 0 Å². The third-order valence-corrected chi connectivity index (χ3v) is 6.02. The lowest BCUT2D eigenvalue weighted by Gasteiger charge is -2.26. The van der Waals surface area contributed by atoms with Crippen molar-refractivity contribution < 1.29 is 0 Å². The number of benzene rings is 1. The zero-order valence-corrected chi connectivity index (χ0v) is 17.5. The molecule has 7 nitrogen and oxygen atoms in total. The molecule has 1 atom stereocenters. The number of hydrogen-bond acceptors (Lipinski definition) is 4. The van der Waals surface area contributed by atoms with Crippen LogP contribution in [-0.4, -0.2) is 24.1 Å². The summed E-state index contributed by atoms with van der Waals surface area (Å²) in [5.74, 6) is 0. The SMILES string of the molecule is Cn1c2cnn(Cc3ccccc3)c(=O)c2c2cnn(CC3(C)C=CC=CC3)c(=O)c21. The Morgan fingerprint density at radius 1 is 1.00 bits per heavy atom. The van der Waals surface area contributed by atoms with Crippen LogP contribution in [0.25, 0.3) is 21.8 Å². The normalized spacial score (nSPS) is 18.3. The topological polar surface area (TPSA) is 74.7 Å². The zero-order chi connectivity index (χ0) is 21.6. The molecule has 0 amide bonds. The molecule has 0 bridgehead atoms. The molecule has 3 aromatic heterocycles. The van der Waals surface area contributed by atoms with Gasteiger partial charge in [0.1, 0.15) is 5.52 Å². The summed E-state index contributed by atoms with van der Waals surface area (Å²) in [4.78, 5) is 26.6. The number of aryl methyl sites for hydroxylation is 1. The van der Waals surface area contributed by atoms with Crippen LogP contribution >= 0.6 is 0 Å². The molecule has 1 unspecified atom stereocenters. The number of rotatable bonds is 4. The van der Waals surface area contributed by atoms with Crippen LogP contribution in [-0.2, 0) is 20.1 Å². The van der Waals surface area contributed by atoms with Crippen LogP contribution in [0.1, 0.15) is 18.9 Å². The summed E-state index contributed by atoms with van der Waals surface area (Å²) in [5, 5.41) is 9.83. The molecule has 0 N–H and O–H groups in total. The molecule has 0 saturated carbocycles. The van der Waals surface area contributed by atoms with Gasteiger partial charge in [-0.05, 0) is 12.0 Å². The van der Waals surface area contributed by atoms with Gasteiger partial charge < -0.3 is 4.57 Å². The fourth-order valence-electron chi connectivity index (χ4n) is 4.31. The van der Waals surface area contributed by atoms with Crippen molar-refractivity contribution in [2.45, 2.75) is 26.4 Å². The van der Waals surface area contributed by atoms with Gasteiger partial charge in [0.05, 0.1) is 36.4 Å². The first-order valence-electron chi connectivity index (χ1n) is 10.3. The molecular formula is C24H23N5O2. The maximum absolute atomic E-state index is 13.3. The van der Waals surface area contributed by atoms with Crippen LogP contribution in [0.2, 0.25) is 0 Å². The summed E-state index contributed by atoms with van der Waals surface area (Å²) in [6.45, 7) is 2.95. The van der Waals surface area contributed by atoms with Crippen molar-refractivity contribution in [2.24, 2.45) is 12.5 Å². The van der Waals surface area contributed by atoms with Crippen molar-refractivity contribution in [1.82, 2.24) is 24.1 Å². The van der Waals surface area contributed by atoms with E-state index in [0.29, 0.717) is 34.9 Å². The Morgan fingerprint density at radius 3 is 2.52 bits per heavy atom. The lowest BCUT2D eigenvalue weighted by Crippen LogP contribution is -2.31. The molecule has 4 aromatic rings. The second-order valence-corrected chi connectivity index (χ2v) is 8.43. The van der Waals surface area contributed by atoms with E-state index in [9.17, 15) is 9.59 Å². The summed E-state index contributed by atoms with van der Waals surface area (Å²) in [6.07, 6.45) is 12.4. The van der Waals surface area contributed by atoms with Crippen molar-refractivity contribution in [3.05, 3.63) is 93.3 Å². The average Bonchev–Trinajstić information content (AvgIpc) is 3.06. The third-order valence-electron chi connectivity index (χ3n) is 6.02. The highest BCUT2D eigenvalue weighted by atomic mass is 16.1. The number of nitrogens with zero attached hydrogens (tertiary/aromatic N) is 5. The molecule has 0 saturated heterocycles. The van der Waals surface area contributed by atoms with Crippen LogP contribution < -0.4 is 11.1 Å². The molecule has 0 spiro atoms. The summed E-state index contributed by atoms with van der Waals surface area (Å²) >= 11 is 0. The Bertz CT molecular complexity index is 1470. The van der Waals surface area contributed by atoms with Crippen molar-refractivity contribution in [2.75, 3.05) is 0 Å². The highest BCUT2D eigenvalue weighted by Gasteiger charge is 2.25. The van der Waals surface area contributed by atoms with Crippen LogP contribution in [0.5, 0.6) is 0 Å². The highest BCUT2D eigenvalue weighted by Crippen LogP contribution is 2.29. The van der Waals surface area contributed by atoms with E-state index in [-0.39, 0.29) is 16.5 Å². The molecule has 156 valence electrons. The first kappa shape index (κ1) is 19.2. The van der Waals surface area contributed by atoms with E-state index in [1.165, 1.54) is 9.36 Å². The fraction of sp³-hybridized carbons (Fsp3) is 0.250. The first-order valence-corrected chi connectivity index (χ1v) is 10.3. The Hall–Kier alpha value is -3.74. The standard InChI is InChI=1S/C24H23N5O2/c1-24(11-7-4-8-12-24)16-29-23(31)21-18(13-25-29)20-19(27(21)2)14-26-28(22(20)30)15-17-9-5-3-6-10-17/h3-11,13-14H,12,15-16H2,1-2H3. The molecule has 7 heteroatoms. The predicted molar refractivity (Wildman–Crippen MR) is 121 cm³/mol. The maximum Gasteiger partial charge on any atom is 0.291 e. The van der Waals surface area contributed by atoms with Gasteiger partial charge in [0, 0.05) is 17.8 Å². The van der Waals surface area contributed by atoms with E-state index in [1.54, 1.807) is 24.0 Å². The molecule has 0 radical (unpaired) electrons. The van der Waals surface area contributed by atoms with E-state index in [4.69, 9.17) is 0 Å². The molecule has 1 aliphatic carbocycles. The quantitative estimate of drug-likeness (QED) is 0.515. The van der Waals surface area contributed by atoms with Gasteiger partial charge >= 0.3 is 0 Å². The summed E-state index contributed by atoms with van der Waals surface area (Å²) in [5.41, 5.74) is 1.49. The van der Waals surface area contributed by atoms with Crippen molar-refractivity contribution in [1.29, 1.82) is 0 Å². The fourth-order valence-corrected chi connectivity index (χ4v) is 4.31. The van der Waals surface area contributed by atoms with Gasteiger partial charge in [0.15, 0.2) is 0 Å². The Labute approximate surface area is 178 Å². The van der Waals surface area contributed by atoms with E-state index in [1.807, 2.05) is 42.5 Å². The molecular weight excluding hydrogens is 390 g/mol. The largest absolute Gasteiger partial charge is 0.338 e. The van der Waals surface area contributed by atoms with Gasteiger partial charge in [0.25, 0.3) is 11.1 Å². The highest BCUT2D eigenvalue weighted by molar-refractivity contribution is 6.06. The van der Waals surface area contributed by atoms with Crippen molar-refractivity contribution >= 4 is 21.8 Å². The molecule has 0 fully saturated rings. The minimum atomic E-state index is -0.224. The Kier molecular flexibility index (Phi) is 4.46. The predicted octanol–water partition coefficient (Wildman–Crippen LogP) is 3.02. The molecule has 0 aliphatic heterocycles. The van der Waals surface area contributed by atoms with Gasteiger partial charge in [-0.2, -0.15) is 10.2 Å². The lowest BCUT2D eigenvalue weighted by molar-refractivity contribution is 0.331. The Morgan fingerprint density at radius 2 is 1.77 bits per heavy atom.